The maximum absolute atomic E-state index is 12.7. The summed E-state index contributed by atoms with van der Waals surface area (Å²) in [7, 11) is -2.98. The molecule has 0 aromatic carbocycles. The molecule has 0 bridgehead atoms. The molecule has 252 valence electrons. The van der Waals surface area contributed by atoms with Crippen LogP contribution in [0.15, 0.2) is 0 Å². The van der Waals surface area contributed by atoms with Gasteiger partial charge in [-0.2, -0.15) is 15.0 Å². The van der Waals surface area contributed by atoms with Gasteiger partial charge in [0.2, 0.25) is 17.8 Å². The lowest BCUT2D eigenvalue weighted by Crippen LogP contribution is -2.47. The van der Waals surface area contributed by atoms with Gasteiger partial charge in [-0.3, -0.25) is 9.46 Å². The monoisotopic (exact) mass is 637 g/mol. The third kappa shape index (κ3) is 12.3. The molecule has 1 aromatic rings. The number of hydrogen-bond acceptors (Lipinski definition) is 12. The van der Waals surface area contributed by atoms with Crippen LogP contribution in [0.25, 0.3) is 0 Å². The van der Waals surface area contributed by atoms with Crippen molar-refractivity contribution in [2.24, 2.45) is 11.8 Å². The van der Waals surface area contributed by atoms with Gasteiger partial charge in [0.05, 0.1) is 19.4 Å². The van der Waals surface area contributed by atoms with E-state index in [1.165, 1.54) is 64.2 Å². The fraction of sp³-hybridized carbons (Fsp3) is 0.903. The van der Waals surface area contributed by atoms with E-state index in [0.29, 0.717) is 37.2 Å². The topological polar surface area (TPSA) is 143 Å². The molecule has 1 saturated heterocycles. The van der Waals surface area contributed by atoms with Crippen LogP contribution < -0.4 is 26.6 Å². The van der Waals surface area contributed by atoms with E-state index in [-0.39, 0.29) is 5.95 Å². The molecule has 0 radical (unpaired) electrons. The molecule has 3 fully saturated rings. The number of nitrogens with two attached hydrogens (primary N) is 1. The van der Waals surface area contributed by atoms with E-state index in [1.807, 2.05) is 13.8 Å². The van der Waals surface area contributed by atoms with Crippen LogP contribution in [-0.2, 0) is 13.6 Å². The molecule has 1 aliphatic heterocycles. The van der Waals surface area contributed by atoms with E-state index >= 15 is 0 Å². The SMILES string of the molecule is CCOP(=O)(CCCN1CCN(c2nc(N)nc(NCC3CCC(CNCCCNC4CCCCC4)CC3)n2)CC1)OCC. The Hall–Kier alpha value is -1.56. The van der Waals surface area contributed by atoms with Gasteiger partial charge in [0.1, 0.15) is 0 Å². The summed E-state index contributed by atoms with van der Waals surface area (Å²) in [5, 5.41) is 10.9. The fourth-order valence-electron chi connectivity index (χ4n) is 6.83. The van der Waals surface area contributed by atoms with E-state index in [2.05, 4.69) is 35.7 Å². The maximum Gasteiger partial charge on any atom is 0.330 e. The second kappa shape index (κ2) is 19.2. The molecule has 0 unspecified atom stereocenters. The van der Waals surface area contributed by atoms with Crippen LogP contribution in [-0.4, -0.2) is 104 Å². The molecule has 1 aromatic heterocycles. The van der Waals surface area contributed by atoms with Crippen molar-refractivity contribution in [2.45, 2.75) is 90.5 Å². The van der Waals surface area contributed by atoms with Crippen LogP contribution >= 0.6 is 7.60 Å². The van der Waals surface area contributed by atoms with Gasteiger partial charge in [-0.15, -0.1) is 0 Å². The molecule has 5 N–H and O–H groups in total. The summed E-state index contributed by atoms with van der Waals surface area (Å²) in [4.78, 5) is 18.1. The lowest BCUT2D eigenvalue weighted by atomic mass is 9.82. The first-order chi connectivity index (χ1) is 21.5. The third-order valence-corrected chi connectivity index (χ3v) is 11.5. The van der Waals surface area contributed by atoms with Gasteiger partial charge >= 0.3 is 7.60 Å². The fourth-order valence-corrected chi connectivity index (χ4v) is 8.48. The van der Waals surface area contributed by atoms with Crippen LogP contribution in [0.5, 0.6) is 0 Å². The van der Waals surface area contributed by atoms with E-state index in [1.54, 1.807) is 0 Å². The average molecular weight is 638 g/mol. The van der Waals surface area contributed by atoms with Gasteiger partial charge in [0.15, 0.2) is 0 Å². The van der Waals surface area contributed by atoms with Crippen LogP contribution in [0, 0.1) is 11.8 Å². The zero-order valence-corrected chi connectivity index (χ0v) is 28.4. The molecule has 44 heavy (non-hydrogen) atoms. The molecular weight excluding hydrogens is 577 g/mol. The van der Waals surface area contributed by atoms with Gasteiger partial charge < -0.3 is 35.6 Å². The highest BCUT2D eigenvalue weighted by Gasteiger charge is 2.25. The number of piperazine rings is 1. The summed E-state index contributed by atoms with van der Waals surface area (Å²) < 4.78 is 23.6. The zero-order valence-electron chi connectivity index (χ0n) is 27.5. The predicted molar refractivity (Wildman–Crippen MR) is 180 cm³/mol. The number of nitrogens with zero attached hydrogens (tertiary/aromatic N) is 5. The molecule has 12 nitrogen and oxygen atoms in total. The van der Waals surface area contributed by atoms with Crippen molar-refractivity contribution in [3.8, 4) is 0 Å². The Kier molecular flexibility index (Phi) is 15.4. The van der Waals surface area contributed by atoms with Crippen molar-refractivity contribution in [1.29, 1.82) is 0 Å². The van der Waals surface area contributed by atoms with Gasteiger partial charge in [0, 0.05) is 38.8 Å². The lowest BCUT2D eigenvalue weighted by molar-refractivity contribution is 0.215. The second-order valence-electron chi connectivity index (χ2n) is 12.8. The normalized spacial score (nSPS) is 22.4. The standard InChI is InChI=1S/C31H60N9O3P/c1-3-42-44(41,43-4-2)23-9-18-39-19-21-40(22-20-39)31-37-29(32)36-30(38-31)35-25-27-14-12-26(13-15-27)24-33-16-8-17-34-28-10-6-5-7-11-28/h26-28,33-34H,3-25H2,1-2H3,(H3,32,35,36,37,38). The Morgan fingerprint density at radius 1 is 0.841 bits per heavy atom. The Balaban J connectivity index is 1.09. The molecule has 0 amide bonds. The van der Waals surface area contributed by atoms with Crippen LogP contribution in [0.4, 0.5) is 17.8 Å². The Morgan fingerprint density at radius 2 is 1.52 bits per heavy atom. The molecule has 0 atom stereocenters. The quantitative estimate of drug-likeness (QED) is 0.127. The van der Waals surface area contributed by atoms with Gasteiger partial charge in [-0.25, -0.2) is 0 Å². The largest absolute Gasteiger partial charge is 0.368 e. The van der Waals surface area contributed by atoms with Crippen molar-refractivity contribution in [2.75, 3.05) is 94.2 Å². The number of aromatic nitrogens is 3. The summed E-state index contributed by atoms with van der Waals surface area (Å²) >= 11 is 0. The van der Waals surface area contributed by atoms with Crippen LogP contribution in [0.2, 0.25) is 0 Å². The zero-order chi connectivity index (χ0) is 31.0. The molecular formula is C31H60N9O3P. The predicted octanol–water partition coefficient (Wildman–Crippen LogP) is 4.35. The molecule has 4 rings (SSSR count). The Bertz CT molecular complexity index is 974. The highest BCUT2D eigenvalue weighted by molar-refractivity contribution is 7.53. The first-order valence-corrected chi connectivity index (χ1v) is 19.2. The number of hydrogen-bond donors (Lipinski definition) is 4. The molecule has 0 spiro atoms. The highest BCUT2D eigenvalue weighted by atomic mass is 31.2. The summed E-state index contributed by atoms with van der Waals surface area (Å²) in [6.45, 7) is 13.0. The van der Waals surface area contributed by atoms with Crippen molar-refractivity contribution in [1.82, 2.24) is 30.5 Å². The molecule has 13 heteroatoms. The summed E-state index contributed by atoms with van der Waals surface area (Å²) in [6.07, 6.45) is 14.4. The van der Waals surface area contributed by atoms with E-state index in [9.17, 15) is 4.57 Å². The number of anilines is 3. The minimum Gasteiger partial charge on any atom is -0.368 e. The number of rotatable bonds is 19. The first kappa shape index (κ1) is 35.3. The van der Waals surface area contributed by atoms with Crippen LogP contribution in [0.3, 0.4) is 0 Å². The minimum absolute atomic E-state index is 0.256. The molecule has 2 heterocycles. The molecule has 2 aliphatic carbocycles. The molecule has 3 aliphatic rings. The summed E-state index contributed by atoms with van der Waals surface area (Å²) in [5.74, 6) is 2.89. The van der Waals surface area contributed by atoms with Crippen molar-refractivity contribution >= 4 is 25.4 Å². The van der Waals surface area contributed by atoms with E-state index < -0.39 is 7.60 Å². The van der Waals surface area contributed by atoms with Gasteiger partial charge in [-0.1, -0.05) is 19.3 Å². The van der Waals surface area contributed by atoms with E-state index in [4.69, 9.17) is 19.8 Å². The van der Waals surface area contributed by atoms with Crippen molar-refractivity contribution in [3.05, 3.63) is 0 Å². The smallest absolute Gasteiger partial charge is 0.330 e. The average Bonchev–Trinajstić information content (AvgIpc) is 3.03. The Labute approximate surface area is 265 Å². The van der Waals surface area contributed by atoms with Gasteiger partial charge in [-0.05, 0) is 103 Å². The number of nitrogens with one attached hydrogen (secondary N) is 3. The summed E-state index contributed by atoms with van der Waals surface area (Å²) in [6, 6.07) is 0.765. The first-order valence-electron chi connectivity index (χ1n) is 17.5. The van der Waals surface area contributed by atoms with Gasteiger partial charge in [0.25, 0.3) is 0 Å². The third-order valence-electron chi connectivity index (χ3n) is 9.37. The Morgan fingerprint density at radius 3 is 2.20 bits per heavy atom. The van der Waals surface area contributed by atoms with Crippen LogP contribution in [0.1, 0.15) is 84.5 Å². The van der Waals surface area contributed by atoms with E-state index in [0.717, 1.165) is 77.3 Å². The molecule has 2 saturated carbocycles. The summed E-state index contributed by atoms with van der Waals surface area (Å²) in [5.41, 5.74) is 6.09. The minimum atomic E-state index is -2.98. The van der Waals surface area contributed by atoms with Crippen molar-refractivity contribution < 1.29 is 13.6 Å². The highest BCUT2D eigenvalue weighted by Crippen LogP contribution is 2.48. The maximum atomic E-state index is 12.7. The second-order valence-corrected chi connectivity index (χ2v) is 15.0. The number of nitrogen functional groups attached to an aromatic ring is 1. The lowest BCUT2D eigenvalue weighted by Gasteiger charge is -2.35. The van der Waals surface area contributed by atoms with Crippen molar-refractivity contribution in [3.63, 3.8) is 0 Å².